The predicted octanol–water partition coefficient (Wildman–Crippen LogP) is 9.23. The van der Waals surface area contributed by atoms with Gasteiger partial charge in [-0.15, -0.1) is 11.3 Å². The minimum atomic E-state index is -4.11. The van der Waals surface area contributed by atoms with Crippen LogP contribution in [0.4, 0.5) is 5.69 Å². The molecule has 0 fully saturated rings. The molecule has 1 aliphatic rings. The SMILES string of the molecule is CCC(=C\c1sc2cc(OC)c3sccc3c2[n+]1CCCS(=O)(=O)O)/C=C1/Sc2ccc(-c3ccccc3)cc2N1CCCS(=O)(=O)O.CCN(CC)CC. The maximum Gasteiger partial charge on any atom is 0.265 e. The number of aryl methyl sites for hydroxylation is 1. The lowest BCUT2D eigenvalue weighted by molar-refractivity contribution is -0.667. The average molecular weight is 845 g/mol. The van der Waals surface area contributed by atoms with Gasteiger partial charge >= 0.3 is 0 Å². The molecule has 3 aromatic carbocycles. The van der Waals surface area contributed by atoms with Gasteiger partial charge in [0.2, 0.25) is 5.52 Å². The second-order valence-corrected chi connectivity index (χ2v) is 19.1. The molecule has 0 radical (unpaired) electrons. The van der Waals surface area contributed by atoms with Crippen molar-refractivity contribution in [1.29, 1.82) is 0 Å². The highest BCUT2D eigenvalue weighted by Gasteiger charge is 2.28. The summed E-state index contributed by atoms with van der Waals surface area (Å²) < 4.78 is 75.1. The van der Waals surface area contributed by atoms with Crippen LogP contribution >= 0.6 is 34.4 Å². The Labute approximate surface area is 337 Å². The topological polar surface area (TPSA) is 128 Å². The van der Waals surface area contributed by atoms with Crippen LogP contribution in [0.2, 0.25) is 0 Å². The number of anilines is 1. The van der Waals surface area contributed by atoms with Crippen LogP contribution in [0.3, 0.4) is 0 Å². The zero-order valence-corrected chi connectivity index (χ0v) is 36.0. The molecule has 3 heterocycles. The van der Waals surface area contributed by atoms with Gasteiger partial charge in [0.15, 0.2) is 6.54 Å². The molecular weight excluding hydrogens is 795 g/mol. The Bertz CT molecular complexity index is 2360. The Morgan fingerprint density at radius 2 is 1.58 bits per heavy atom. The van der Waals surface area contributed by atoms with E-state index in [2.05, 4.69) is 84.5 Å². The van der Waals surface area contributed by atoms with E-state index in [-0.39, 0.29) is 24.3 Å². The minimum absolute atomic E-state index is 0.243. The van der Waals surface area contributed by atoms with Crippen LogP contribution < -0.4 is 14.2 Å². The second kappa shape index (κ2) is 19.2. The first-order valence-electron chi connectivity index (χ1n) is 18.4. The van der Waals surface area contributed by atoms with E-state index in [1.54, 1.807) is 41.5 Å². The van der Waals surface area contributed by atoms with E-state index < -0.39 is 20.2 Å². The molecule has 1 aliphatic heterocycles. The molecular formula is C40H50N3O7S5+. The third-order valence-electron chi connectivity index (χ3n) is 9.38. The van der Waals surface area contributed by atoms with Crippen LogP contribution in [0.5, 0.6) is 5.75 Å². The lowest BCUT2D eigenvalue weighted by Gasteiger charge is -2.21. The van der Waals surface area contributed by atoms with E-state index in [0.29, 0.717) is 19.5 Å². The van der Waals surface area contributed by atoms with Crippen molar-refractivity contribution in [3.63, 3.8) is 0 Å². The number of allylic oxidation sites excluding steroid dienone is 2. The molecule has 6 rings (SSSR count). The van der Waals surface area contributed by atoms with E-state index in [9.17, 15) is 25.9 Å². The summed E-state index contributed by atoms with van der Waals surface area (Å²) in [6.45, 7) is 13.0. The summed E-state index contributed by atoms with van der Waals surface area (Å²) in [7, 11) is -6.57. The van der Waals surface area contributed by atoms with Gasteiger partial charge in [-0.2, -0.15) is 21.4 Å². The number of thiazole rings is 1. The van der Waals surface area contributed by atoms with Crippen molar-refractivity contribution in [2.75, 3.05) is 49.7 Å². The molecule has 0 saturated carbocycles. The fourth-order valence-electron chi connectivity index (χ4n) is 6.48. The lowest BCUT2D eigenvalue weighted by atomic mass is 10.0. The summed E-state index contributed by atoms with van der Waals surface area (Å²) >= 11 is 4.79. The number of hydrogen-bond acceptors (Lipinski definition) is 10. The van der Waals surface area contributed by atoms with Gasteiger partial charge in [-0.25, -0.2) is 0 Å². The number of fused-ring (bicyclic) bond motifs is 4. The number of methoxy groups -OCH3 is 1. The number of thiophene rings is 1. The Balaban J connectivity index is 0.000000757. The molecule has 0 aliphatic carbocycles. The molecule has 2 N–H and O–H groups in total. The molecule has 0 spiro atoms. The van der Waals surface area contributed by atoms with Crippen molar-refractivity contribution in [1.82, 2.24) is 4.90 Å². The molecule has 15 heteroatoms. The molecule has 2 aromatic heterocycles. The number of benzene rings is 3. The van der Waals surface area contributed by atoms with Gasteiger partial charge in [0, 0.05) is 30.0 Å². The molecule has 0 amide bonds. The molecule has 0 saturated heterocycles. The molecule has 55 heavy (non-hydrogen) atoms. The monoisotopic (exact) mass is 844 g/mol. The minimum Gasteiger partial charge on any atom is -0.495 e. The van der Waals surface area contributed by atoms with Crippen LogP contribution in [-0.2, 0) is 26.8 Å². The number of rotatable bonds is 16. The number of hydrogen-bond donors (Lipinski definition) is 2. The second-order valence-electron chi connectivity index (χ2n) is 12.9. The van der Waals surface area contributed by atoms with Crippen molar-refractivity contribution in [3.8, 4) is 16.9 Å². The van der Waals surface area contributed by atoms with Gasteiger partial charge in [-0.1, -0.05) is 87.2 Å². The standard InChI is InChI=1S/C34H34N2O7S5.C6H15N/c1-3-23(20-32-36(15-8-18-48(40,41)42)33-26-13-16-44-34(26)28(43-2)22-30(33)46-32)19-31-35(14-7-17-47(37,38)39)27-21-25(11-12-29(27)45-31)24-9-5-4-6-10-24;1-4-7(5-2)6-3/h4-6,9-13,16,19-22H,3,7-8,14-15,17-18H2,1-2H3,(H-,37,38,39,40,41,42);4-6H2,1-3H3/p+1. The van der Waals surface area contributed by atoms with Crippen molar-refractivity contribution >= 4 is 86.7 Å². The molecule has 0 bridgehead atoms. The first kappa shape index (κ1) is 42.9. The fourth-order valence-corrected chi connectivity index (χ4v) is 10.7. The molecule has 0 atom stereocenters. The van der Waals surface area contributed by atoms with E-state index in [0.717, 1.165) is 63.4 Å². The van der Waals surface area contributed by atoms with E-state index in [1.807, 2.05) is 35.7 Å². The molecule has 0 unspecified atom stereocenters. The largest absolute Gasteiger partial charge is 0.495 e. The summed E-state index contributed by atoms with van der Waals surface area (Å²) in [5.41, 5.74) is 5.12. The van der Waals surface area contributed by atoms with Crippen LogP contribution in [-0.4, -0.2) is 75.6 Å². The Hall–Kier alpha value is -3.28. The Morgan fingerprint density at radius 3 is 2.20 bits per heavy atom. The lowest BCUT2D eigenvalue weighted by Crippen LogP contribution is -2.36. The van der Waals surface area contributed by atoms with Crippen LogP contribution in [0.25, 0.3) is 37.5 Å². The van der Waals surface area contributed by atoms with Gasteiger partial charge in [0.25, 0.3) is 25.2 Å². The van der Waals surface area contributed by atoms with Crippen molar-refractivity contribution in [2.24, 2.45) is 0 Å². The summed E-state index contributed by atoms with van der Waals surface area (Å²) in [6.07, 6.45) is 5.43. The van der Waals surface area contributed by atoms with Gasteiger partial charge in [0.1, 0.15) is 10.4 Å². The van der Waals surface area contributed by atoms with Crippen LogP contribution in [0.1, 0.15) is 52.0 Å². The Kier molecular flexibility index (Phi) is 15.0. The van der Waals surface area contributed by atoms with Gasteiger partial charge in [-0.05, 0) is 78.8 Å². The summed E-state index contributed by atoms with van der Waals surface area (Å²) in [6, 6.07) is 20.4. The highest BCUT2D eigenvalue weighted by Crippen LogP contribution is 2.48. The highest BCUT2D eigenvalue weighted by molar-refractivity contribution is 8.03. The number of aromatic nitrogens is 1. The predicted molar refractivity (Wildman–Crippen MR) is 231 cm³/mol. The van der Waals surface area contributed by atoms with Crippen LogP contribution in [0.15, 0.2) is 87.6 Å². The zero-order chi connectivity index (χ0) is 39.8. The third-order valence-corrected chi connectivity index (χ3v) is 14.1. The summed E-state index contributed by atoms with van der Waals surface area (Å²) in [5.74, 6) is 0.104. The quantitative estimate of drug-likeness (QED) is 0.0733. The van der Waals surface area contributed by atoms with Crippen molar-refractivity contribution in [3.05, 3.63) is 87.7 Å². The summed E-state index contributed by atoms with van der Waals surface area (Å²) in [5, 5.41) is 4.91. The zero-order valence-electron chi connectivity index (χ0n) is 31.9. The summed E-state index contributed by atoms with van der Waals surface area (Å²) in [4.78, 5) is 5.55. The highest BCUT2D eigenvalue weighted by atomic mass is 32.2. The van der Waals surface area contributed by atoms with Crippen LogP contribution in [0, 0.1) is 0 Å². The third kappa shape index (κ3) is 11.2. The average Bonchev–Trinajstić information content (AvgIpc) is 3.87. The molecule has 5 aromatic rings. The fraction of sp³-hybridized carbons (Fsp3) is 0.375. The first-order valence-corrected chi connectivity index (χ1v) is 24.1. The van der Waals surface area contributed by atoms with E-state index in [4.69, 9.17) is 4.74 Å². The maximum absolute atomic E-state index is 11.6. The van der Waals surface area contributed by atoms with Gasteiger partial charge in [0.05, 0.1) is 39.4 Å². The van der Waals surface area contributed by atoms with Gasteiger partial charge < -0.3 is 14.5 Å². The number of thioether (sulfide) groups is 1. The van der Waals surface area contributed by atoms with Crippen molar-refractivity contribution in [2.45, 2.75) is 58.4 Å². The van der Waals surface area contributed by atoms with E-state index in [1.165, 1.54) is 19.6 Å². The van der Waals surface area contributed by atoms with E-state index >= 15 is 0 Å². The van der Waals surface area contributed by atoms with Crippen molar-refractivity contribution < 1.29 is 35.2 Å². The first-order chi connectivity index (χ1) is 26.3. The van der Waals surface area contributed by atoms with Gasteiger partial charge in [-0.3, -0.25) is 9.11 Å². The maximum atomic E-state index is 11.6. The number of nitrogens with zero attached hydrogens (tertiary/aromatic N) is 3. The molecule has 296 valence electrons. The molecule has 10 nitrogen and oxygen atoms in total. The normalized spacial score (nSPS) is 14.2. The smallest absolute Gasteiger partial charge is 0.265 e. The number of ether oxygens (including phenoxy) is 1. The Morgan fingerprint density at radius 1 is 0.891 bits per heavy atom.